The van der Waals surface area contributed by atoms with E-state index in [9.17, 15) is 17.2 Å². The molecule has 0 bridgehead atoms. The molecule has 1 aliphatic carbocycles. The van der Waals surface area contributed by atoms with Crippen molar-refractivity contribution in [2.24, 2.45) is 5.41 Å². The Morgan fingerprint density at radius 1 is 1.29 bits per heavy atom. The molecule has 1 spiro atoms. The molecule has 2 aromatic heterocycles. The molecule has 1 atom stereocenters. The summed E-state index contributed by atoms with van der Waals surface area (Å²) >= 11 is 0. The fraction of sp³-hybridized carbons (Fsp3) is 0.588. The monoisotopic (exact) mass is 410 g/mol. The number of sulfonamides is 1. The normalized spacial score (nSPS) is 27.3. The molecule has 2 saturated heterocycles. The van der Waals surface area contributed by atoms with E-state index in [2.05, 4.69) is 20.3 Å². The number of aromatic nitrogens is 3. The maximum atomic E-state index is 13.7. The van der Waals surface area contributed by atoms with E-state index in [1.165, 1.54) is 10.6 Å². The third-order valence-electron chi connectivity index (χ3n) is 5.99. The number of fused-ring (bicyclic) bond motifs is 1. The number of pyridine rings is 1. The van der Waals surface area contributed by atoms with Crippen LogP contribution in [0.1, 0.15) is 12.8 Å². The SMILES string of the molecule is CS(=O)(=O)N1CC(Nc2ncc3ccnc(N4CCC5(C4)CC5(F)F)c3n2)C1. The maximum absolute atomic E-state index is 13.7. The molecule has 2 aliphatic heterocycles. The summed E-state index contributed by atoms with van der Waals surface area (Å²) in [5.41, 5.74) is -0.299. The second-order valence-electron chi connectivity index (χ2n) is 8.02. The molecule has 28 heavy (non-hydrogen) atoms. The van der Waals surface area contributed by atoms with E-state index in [-0.39, 0.29) is 19.0 Å². The van der Waals surface area contributed by atoms with Gasteiger partial charge in [0.2, 0.25) is 16.0 Å². The summed E-state index contributed by atoms with van der Waals surface area (Å²) in [4.78, 5) is 15.1. The average Bonchev–Trinajstić information content (AvgIpc) is 2.91. The molecule has 1 N–H and O–H groups in total. The fourth-order valence-corrected chi connectivity index (χ4v) is 5.00. The number of anilines is 2. The molecule has 11 heteroatoms. The van der Waals surface area contributed by atoms with Crippen LogP contribution in [0.4, 0.5) is 20.5 Å². The Morgan fingerprint density at radius 3 is 2.68 bits per heavy atom. The van der Waals surface area contributed by atoms with Crippen LogP contribution in [0.2, 0.25) is 0 Å². The molecule has 8 nitrogen and oxygen atoms in total. The zero-order valence-electron chi connectivity index (χ0n) is 15.3. The van der Waals surface area contributed by atoms with Gasteiger partial charge in [0.25, 0.3) is 5.92 Å². The van der Waals surface area contributed by atoms with Gasteiger partial charge in [0.05, 0.1) is 17.7 Å². The standard InChI is InChI=1S/C17H20F2N6O2S/c1-28(26,27)25-7-12(8-25)22-15-21-6-11-2-4-20-14(13(11)23-15)24-5-3-16(10-24)9-17(16,18)19/h2,4,6,12H,3,5,7-10H2,1H3,(H,21,22,23). The first-order chi connectivity index (χ1) is 13.2. The Hall–Kier alpha value is -2.14. The second kappa shape index (κ2) is 5.69. The molecule has 1 saturated carbocycles. The highest BCUT2D eigenvalue weighted by molar-refractivity contribution is 7.88. The Morgan fingerprint density at radius 2 is 2.04 bits per heavy atom. The van der Waals surface area contributed by atoms with Crippen LogP contribution in [0.3, 0.4) is 0 Å². The van der Waals surface area contributed by atoms with E-state index in [0.717, 1.165) is 5.39 Å². The molecular weight excluding hydrogens is 390 g/mol. The van der Waals surface area contributed by atoms with Gasteiger partial charge in [0.15, 0.2) is 5.82 Å². The number of alkyl halides is 2. The predicted molar refractivity (Wildman–Crippen MR) is 100.0 cm³/mol. The Labute approximate surface area is 161 Å². The zero-order chi connectivity index (χ0) is 19.7. The Balaban J connectivity index is 1.37. The Bertz CT molecular complexity index is 1060. The van der Waals surface area contributed by atoms with Crippen molar-refractivity contribution in [2.75, 3.05) is 42.7 Å². The fourth-order valence-electron chi connectivity index (χ4n) is 4.10. The number of halogens is 2. The lowest BCUT2D eigenvalue weighted by atomic mass is 10.1. The van der Waals surface area contributed by atoms with Crippen molar-refractivity contribution >= 4 is 32.7 Å². The van der Waals surface area contributed by atoms with Crippen molar-refractivity contribution in [3.8, 4) is 0 Å². The first kappa shape index (κ1) is 17.9. The summed E-state index contributed by atoms with van der Waals surface area (Å²) < 4.78 is 51.8. The second-order valence-corrected chi connectivity index (χ2v) is 10.0. The van der Waals surface area contributed by atoms with Crippen molar-refractivity contribution in [2.45, 2.75) is 24.8 Å². The number of nitrogens with one attached hydrogen (secondary N) is 1. The van der Waals surface area contributed by atoms with Crippen LogP contribution in [0.15, 0.2) is 18.5 Å². The summed E-state index contributed by atoms with van der Waals surface area (Å²) in [5, 5.41) is 3.92. The first-order valence-electron chi connectivity index (χ1n) is 9.13. The van der Waals surface area contributed by atoms with E-state index in [1.807, 2.05) is 4.90 Å². The summed E-state index contributed by atoms with van der Waals surface area (Å²) in [6.45, 7) is 1.54. The number of rotatable bonds is 4. The summed E-state index contributed by atoms with van der Waals surface area (Å²) in [5.74, 6) is -1.61. The van der Waals surface area contributed by atoms with Gasteiger partial charge in [0.1, 0.15) is 5.52 Å². The van der Waals surface area contributed by atoms with E-state index in [0.29, 0.717) is 43.3 Å². The largest absolute Gasteiger partial charge is 0.354 e. The summed E-state index contributed by atoms with van der Waals surface area (Å²) in [6, 6.07) is 1.72. The van der Waals surface area contributed by atoms with Gasteiger partial charge in [-0.1, -0.05) is 0 Å². The minimum atomic E-state index is -3.18. The molecule has 4 heterocycles. The van der Waals surface area contributed by atoms with Crippen molar-refractivity contribution in [1.82, 2.24) is 19.3 Å². The molecule has 3 aliphatic rings. The van der Waals surface area contributed by atoms with Crippen LogP contribution in [-0.4, -0.2) is 72.1 Å². The van der Waals surface area contributed by atoms with E-state index >= 15 is 0 Å². The average molecular weight is 410 g/mol. The van der Waals surface area contributed by atoms with Crippen molar-refractivity contribution in [3.63, 3.8) is 0 Å². The first-order valence-corrected chi connectivity index (χ1v) is 11.0. The maximum Gasteiger partial charge on any atom is 0.256 e. The van der Waals surface area contributed by atoms with Crippen LogP contribution in [0.5, 0.6) is 0 Å². The predicted octanol–water partition coefficient (Wildman–Crippen LogP) is 1.32. The third kappa shape index (κ3) is 2.79. The third-order valence-corrected chi connectivity index (χ3v) is 7.23. The topological polar surface area (TPSA) is 91.3 Å². The number of nitrogens with zero attached hydrogens (tertiary/aromatic N) is 5. The Kier molecular flexibility index (Phi) is 3.64. The van der Waals surface area contributed by atoms with E-state index in [4.69, 9.17) is 0 Å². The number of hydrogen-bond acceptors (Lipinski definition) is 7. The van der Waals surface area contributed by atoms with Gasteiger partial charge in [-0.3, -0.25) is 0 Å². The molecule has 150 valence electrons. The minimum absolute atomic E-state index is 0.0540. The summed E-state index contributed by atoms with van der Waals surface area (Å²) in [7, 11) is -3.18. The quantitative estimate of drug-likeness (QED) is 0.813. The van der Waals surface area contributed by atoms with Gasteiger partial charge in [-0.15, -0.1) is 0 Å². The van der Waals surface area contributed by atoms with Crippen LogP contribution >= 0.6 is 0 Å². The molecule has 1 unspecified atom stereocenters. The van der Waals surface area contributed by atoms with Gasteiger partial charge in [-0.05, 0) is 12.5 Å². The van der Waals surface area contributed by atoms with E-state index < -0.39 is 21.4 Å². The molecule has 0 radical (unpaired) electrons. The van der Waals surface area contributed by atoms with Gasteiger partial charge >= 0.3 is 0 Å². The lowest BCUT2D eigenvalue weighted by Gasteiger charge is -2.37. The van der Waals surface area contributed by atoms with Crippen LogP contribution in [-0.2, 0) is 10.0 Å². The molecule has 3 fully saturated rings. The van der Waals surface area contributed by atoms with Crippen LogP contribution in [0.25, 0.3) is 10.9 Å². The molecule has 0 aromatic carbocycles. The van der Waals surface area contributed by atoms with Crippen LogP contribution in [0, 0.1) is 5.41 Å². The van der Waals surface area contributed by atoms with Gasteiger partial charge in [-0.2, -0.15) is 4.31 Å². The van der Waals surface area contributed by atoms with Crippen molar-refractivity contribution in [1.29, 1.82) is 0 Å². The lowest BCUT2D eigenvalue weighted by Crippen LogP contribution is -2.56. The molecular formula is C17H20F2N6O2S. The number of hydrogen-bond donors (Lipinski definition) is 1. The van der Waals surface area contributed by atoms with Crippen molar-refractivity contribution in [3.05, 3.63) is 18.5 Å². The molecule has 5 rings (SSSR count). The molecule has 2 aromatic rings. The van der Waals surface area contributed by atoms with Crippen molar-refractivity contribution < 1.29 is 17.2 Å². The lowest BCUT2D eigenvalue weighted by molar-refractivity contribution is 0.0711. The highest BCUT2D eigenvalue weighted by Gasteiger charge is 2.72. The zero-order valence-corrected chi connectivity index (χ0v) is 16.1. The van der Waals surface area contributed by atoms with E-state index in [1.54, 1.807) is 18.5 Å². The smallest absolute Gasteiger partial charge is 0.256 e. The van der Waals surface area contributed by atoms with Crippen LogP contribution < -0.4 is 10.2 Å². The summed E-state index contributed by atoms with van der Waals surface area (Å²) in [6.07, 6.45) is 4.89. The van der Waals surface area contributed by atoms with Gasteiger partial charge in [0, 0.05) is 50.4 Å². The van der Waals surface area contributed by atoms with Gasteiger partial charge < -0.3 is 10.2 Å². The molecule has 0 amide bonds. The highest BCUT2D eigenvalue weighted by atomic mass is 32.2. The highest BCUT2D eigenvalue weighted by Crippen LogP contribution is 2.65. The van der Waals surface area contributed by atoms with Gasteiger partial charge in [-0.25, -0.2) is 32.2 Å². The minimum Gasteiger partial charge on any atom is -0.354 e.